The van der Waals surface area contributed by atoms with Crippen molar-refractivity contribution in [3.8, 4) is 11.5 Å². The third-order valence-electron chi connectivity index (χ3n) is 5.25. The second kappa shape index (κ2) is 9.53. The van der Waals surface area contributed by atoms with Crippen LogP contribution in [0.2, 0.25) is 0 Å². The van der Waals surface area contributed by atoms with Gasteiger partial charge >= 0.3 is 0 Å². The summed E-state index contributed by atoms with van der Waals surface area (Å²) in [4.78, 5) is 29.2. The zero-order valence-electron chi connectivity index (χ0n) is 18.4. The van der Waals surface area contributed by atoms with E-state index in [-0.39, 0.29) is 0 Å². The fraction of sp³-hybridized carbons (Fsp3) is 0.273. The molecule has 33 heavy (non-hydrogen) atoms. The molecule has 0 amide bonds. The molecule has 4 aromatic rings. The minimum absolute atomic E-state index is 0.465. The molecule has 4 aromatic heterocycles. The van der Waals surface area contributed by atoms with Crippen LogP contribution in [0.3, 0.4) is 0 Å². The monoisotopic (exact) mass is 460 g/mol. The number of aryl methyl sites for hydroxylation is 1. The molecule has 0 aromatic carbocycles. The molecule has 5 heterocycles. The topological polar surface area (TPSA) is 117 Å². The number of likely N-dealkylation sites (N-methyl/N-ethyl adjacent to an activating group) is 1. The van der Waals surface area contributed by atoms with E-state index in [0.717, 1.165) is 41.8 Å². The Morgan fingerprint density at radius 1 is 1.00 bits per heavy atom. The summed E-state index contributed by atoms with van der Waals surface area (Å²) in [5.74, 6) is 2.25. The van der Waals surface area contributed by atoms with Gasteiger partial charge in [-0.2, -0.15) is 4.98 Å². The lowest BCUT2D eigenvalue weighted by molar-refractivity contribution is 0.171. The average molecular weight is 461 g/mol. The van der Waals surface area contributed by atoms with Gasteiger partial charge in [-0.1, -0.05) is 6.07 Å². The first-order valence-corrected chi connectivity index (χ1v) is 11.5. The van der Waals surface area contributed by atoms with Crippen LogP contribution in [0.1, 0.15) is 11.4 Å². The highest BCUT2D eigenvalue weighted by atomic mass is 32.1. The summed E-state index contributed by atoms with van der Waals surface area (Å²) in [6, 6.07) is 9.93. The van der Waals surface area contributed by atoms with E-state index in [4.69, 9.17) is 0 Å². The Morgan fingerprint density at radius 2 is 1.82 bits per heavy atom. The van der Waals surface area contributed by atoms with Gasteiger partial charge in [0.05, 0.1) is 5.69 Å². The Labute approximate surface area is 195 Å². The van der Waals surface area contributed by atoms with Gasteiger partial charge in [-0.05, 0) is 38.2 Å². The van der Waals surface area contributed by atoms with Crippen molar-refractivity contribution in [2.75, 3.05) is 30.8 Å². The molecule has 11 heteroatoms. The maximum Gasteiger partial charge on any atom is 0.230 e. The molecule has 1 fully saturated rings. The van der Waals surface area contributed by atoms with Crippen LogP contribution in [0.5, 0.6) is 0 Å². The normalized spacial score (nSPS) is 13.7. The van der Waals surface area contributed by atoms with E-state index in [1.54, 1.807) is 35.9 Å². The first-order chi connectivity index (χ1) is 16.1. The number of nitrogens with zero attached hydrogens (tertiary/aromatic N) is 7. The zero-order chi connectivity index (χ0) is 22.6. The van der Waals surface area contributed by atoms with Crippen molar-refractivity contribution >= 4 is 34.1 Å². The Morgan fingerprint density at radius 3 is 2.61 bits per heavy atom. The van der Waals surface area contributed by atoms with Crippen molar-refractivity contribution in [1.29, 1.82) is 0 Å². The lowest BCUT2D eigenvalue weighted by Crippen LogP contribution is -2.55. The molecular formula is C22H24N10S. The quantitative estimate of drug-likeness (QED) is 0.362. The van der Waals surface area contributed by atoms with E-state index in [1.165, 1.54) is 0 Å². The molecule has 168 valence electrons. The predicted molar refractivity (Wildman–Crippen MR) is 129 cm³/mol. The Balaban J connectivity index is 1.25. The summed E-state index contributed by atoms with van der Waals surface area (Å²) in [6.07, 6.45) is 3.39. The van der Waals surface area contributed by atoms with E-state index in [1.807, 2.05) is 25.1 Å². The van der Waals surface area contributed by atoms with Crippen LogP contribution < -0.4 is 16.0 Å². The lowest BCUT2D eigenvalue weighted by Gasteiger charge is -2.35. The van der Waals surface area contributed by atoms with Crippen molar-refractivity contribution in [3.63, 3.8) is 0 Å². The number of hydrogen-bond donors (Lipinski definition) is 3. The maximum absolute atomic E-state index is 4.67. The summed E-state index contributed by atoms with van der Waals surface area (Å²) in [7, 11) is 2.13. The van der Waals surface area contributed by atoms with Crippen molar-refractivity contribution in [2.24, 2.45) is 0 Å². The molecule has 0 unspecified atom stereocenters. The van der Waals surface area contributed by atoms with Crippen LogP contribution in [0.4, 0.5) is 22.7 Å². The van der Waals surface area contributed by atoms with Crippen LogP contribution in [0.25, 0.3) is 11.5 Å². The fourth-order valence-electron chi connectivity index (χ4n) is 3.34. The average Bonchev–Trinajstić information content (AvgIpc) is 3.19. The number of rotatable bonds is 8. The van der Waals surface area contributed by atoms with Gasteiger partial charge in [0.2, 0.25) is 5.95 Å². The second-order valence-corrected chi connectivity index (χ2v) is 8.67. The molecule has 1 aliphatic rings. The summed E-state index contributed by atoms with van der Waals surface area (Å²) in [5.41, 5.74) is 2.67. The summed E-state index contributed by atoms with van der Waals surface area (Å²) >= 11 is 1.54. The largest absolute Gasteiger partial charge is 0.325 e. The van der Waals surface area contributed by atoms with E-state index >= 15 is 0 Å². The number of pyridine rings is 1. The summed E-state index contributed by atoms with van der Waals surface area (Å²) in [6.45, 7) is 4.83. The molecule has 0 saturated carbocycles. The zero-order valence-corrected chi connectivity index (χ0v) is 19.2. The van der Waals surface area contributed by atoms with Gasteiger partial charge in [0.1, 0.15) is 17.3 Å². The number of nitrogens with one attached hydrogen (secondary N) is 3. The maximum atomic E-state index is 4.67. The van der Waals surface area contributed by atoms with Crippen molar-refractivity contribution in [3.05, 3.63) is 59.5 Å². The minimum atomic E-state index is 0.465. The molecule has 10 nitrogen and oxygen atoms in total. The molecule has 3 N–H and O–H groups in total. The van der Waals surface area contributed by atoms with E-state index in [0.29, 0.717) is 29.5 Å². The summed E-state index contributed by atoms with van der Waals surface area (Å²) in [5, 5.41) is 12.5. The van der Waals surface area contributed by atoms with Gasteiger partial charge < -0.3 is 10.6 Å². The Bertz CT molecular complexity index is 1240. The summed E-state index contributed by atoms with van der Waals surface area (Å²) < 4.78 is 0. The molecule has 1 saturated heterocycles. The molecule has 0 atom stereocenters. The van der Waals surface area contributed by atoms with Crippen LogP contribution in [0.15, 0.2) is 48.1 Å². The smallest absolute Gasteiger partial charge is 0.230 e. The number of anilines is 4. The molecule has 1 aliphatic heterocycles. The lowest BCUT2D eigenvalue weighted by atomic mass is 10.1. The first-order valence-electron chi connectivity index (χ1n) is 10.6. The van der Waals surface area contributed by atoms with Crippen LogP contribution in [-0.4, -0.2) is 61.0 Å². The highest BCUT2D eigenvalue weighted by Crippen LogP contribution is 2.22. The Kier molecular flexibility index (Phi) is 6.15. The van der Waals surface area contributed by atoms with Gasteiger partial charge in [0.25, 0.3) is 0 Å². The SMILES string of the molecule is Cc1cccc(-c2nccc(Nc3ccnc(Nc4nc(CN(C)C5CNC5)cs4)n3)n2)n1. The van der Waals surface area contributed by atoms with E-state index < -0.39 is 0 Å². The van der Waals surface area contributed by atoms with E-state index in [2.05, 4.69) is 63.2 Å². The molecule has 0 bridgehead atoms. The van der Waals surface area contributed by atoms with Crippen LogP contribution in [-0.2, 0) is 6.54 Å². The molecule has 5 rings (SSSR count). The molecule has 0 aliphatic carbocycles. The van der Waals surface area contributed by atoms with Crippen molar-refractivity contribution in [2.45, 2.75) is 19.5 Å². The van der Waals surface area contributed by atoms with Gasteiger partial charge in [0.15, 0.2) is 11.0 Å². The first kappa shape index (κ1) is 21.3. The van der Waals surface area contributed by atoms with Gasteiger partial charge in [-0.3, -0.25) is 10.2 Å². The highest BCUT2D eigenvalue weighted by molar-refractivity contribution is 7.13. The van der Waals surface area contributed by atoms with Crippen molar-refractivity contribution in [1.82, 2.24) is 40.1 Å². The fourth-order valence-corrected chi connectivity index (χ4v) is 4.04. The predicted octanol–water partition coefficient (Wildman–Crippen LogP) is 2.98. The van der Waals surface area contributed by atoms with Gasteiger partial charge in [-0.15, -0.1) is 11.3 Å². The number of thiazole rings is 1. The van der Waals surface area contributed by atoms with E-state index in [9.17, 15) is 0 Å². The van der Waals surface area contributed by atoms with Gasteiger partial charge in [0, 0.05) is 49.1 Å². The van der Waals surface area contributed by atoms with Gasteiger partial charge in [-0.25, -0.2) is 24.9 Å². The minimum Gasteiger partial charge on any atom is -0.325 e. The van der Waals surface area contributed by atoms with Crippen LogP contribution in [0, 0.1) is 6.92 Å². The number of aromatic nitrogens is 6. The van der Waals surface area contributed by atoms with Crippen LogP contribution >= 0.6 is 11.3 Å². The third-order valence-corrected chi connectivity index (χ3v) is 6.06. The highest BCUT2D eigenvalue weighted by Gasteiger charge is 2.22. The Hall–Kier alpha value is -3.54. The molecule has 0 spiro atoms. The molecule has 0 radical (unpaired) electrons. The molecular weight excluding hydrogens is 436 g/mol. The number of hydrogen-bond acceptors (Lipinski definition) is 11. The third kappa shape index (κ3) is 5.28. The van der Waals surface area contributed by atoms with Crippen molar-refractivity contribution < 1.29 is 0 Å². The standard InChI is InChI=1S/C22H24N10S/c1-14-4-3-5-17(26-14)20-24-8-6-18(29-20)28-19-7-9-25-21(30-19)31-22-27-15(13-33-22)12-32(2)16-10-23-11-16/h3-9,13,16,23H,10-12H2,1-2H3,(H2,24,25,27,28,29,30,31). The second-order valence-electron chi connectivity index (χ2n) is 7.82.